The van der Waals surface area contributed by atoms with Crippen molar-refractivity contribution in [3.05, 3.63) is 71.8 Å². The normalized spacial score (nSPS) is 14.0. The molecule has 1 aliphatic rings. The zero-order valence-electron chi connectivity index (χ0n) is 11.8. The third-order valence-electron chi connectivity index (χ3n) is 3.28. The van der Waals surface area contributed by atoms with E-state index in [2.05, 4.69) is 17.4 Å². The second-order valence-electron chi connectivity index (χ2n) is 4.78. The molecule has 2 aromatic rings. The zero-order valence-corrected chi connectivity index (χ0v) is 14.7. The van der Waals surface area contributed by atoms with Crippen LogP contribution in [0, 0.1) is 13.0 Å². The Kier molecular flexibility index (Phi) is 5.32. The summed E-state index contributed by atoms with van der Waals surface area (Å²) in [5, 5.41) is 2.94. The molecule has 0 atom stereocenters. The van der Waals surface area contributed by atoms with Gasteiger partial charge in [-0.25, -0.2) is 4.79 Å². The summed E-state index contributed by atoms with van der Waals surface area (Å²) in [5.74, 6) is 0. The van der Waals surface area contributed by atoms with Gasteiger partial charge in [-0.2, -0.15) is 24.3 Å². The molecule has 21 heavy (non-hydrogen) atoms. The summed E-state index contributed by atoms with van der Waals surface area (Å²) < 4.78 is 0. The summed E-state index contributed by atoms with van der Waals surface area (Å²) in [4.78, 5) is 13.9. The van der Waals surface area contributed by atoms with Crippen LogP contribution in [0.15, 0.2) is 54.6 Å². The van der Waals surface area contributed by atoms with Gasteiger partial charge < -0.3 is 10.2 Å². The van der Waals surface area contributed by atoms with E-state index < -0.39 is 0 Å². The van der Waals surface area contributed by atoms with Crippen LogP contribution < -0.4 is 10.2 Å². The summed E-state index contributed by atoms with van der Waals surface area (Å²) in [5.41, 5.74) is 3.86. The summed E-state index contributed by atoms with van der Waals surface area (Å²) in [6.07, 6.45) is 2.02. The monoisotopic (exact) mass is 352 g/mol. The summed E-state index contributed by atoms with van der Waals surface area (Å²) in [7, 11) is 0. The van der Waals surface area contributed by atoms with Gasteiger partial charge in [0.15, 0.2) is 0 Å². The van der Waals surface area contributed by atoms with Crippen molar-refractivity contribution < 1.29 is 37.5 Å². The molecule has 1 heterocycles. The van der Waals surface area contributed by atoms with Gasteiger partial charge >= 0.3 is 6.03 Å². The Hall–Kier alpha value is -1.45. The van der Waals surface area contributed by atoms with Gasteiger partial charge in [-0.15, -0.1) is 6.07 Å². The predicted molar refractivity (Wildman–Crippen MR) is 80.3 cm³/mol. The number of amides is 2. The zero-order chi connectivity index (χ0) is 13.9. The fraction of sp³-hybridized carbons (Fsp3) is 0.118. The first-order valence-corrected chi connectivity index (χ1v) is 6.56. The number of carbonyl (C=O) groups is 1. The number of nitrogens with one attached hydrogen (secondary N) is 1. The van der Waals surface area contributed by atoms with Gasteiger partial charge in [0.2, 0.25) is 0 Å². The Labute approximate surface area is 149 Å². The van der Waals surface area contributed by atoms with Gasteiger partial charge in [0.05, 0.1) is 0 Å². The van der Waals surface area contributed by atoms with Gasteiger partial charge in [0.1, 0.15) is 0 Å². The third kappa shape index (κ3) is 3.61. The molecular weight excluding hydrogens is 337 g/mol. The molecule has 3 rings (SSSR count). The van der Waals surface area contributed by atoms with Crippen molar-refractivity contribution in [1.82, 2.24) is 5.32 Å². The van der Waals surface area contributed by atoms with E-state index in [9.17, 15) is 4.79 Å². The van der Waals surface area contributed by atoms with Gasteiger partial charge in [-0.3, -0.25) is 0 Å². The van der Waals surface area contributed by atoms with Crippen molar-refractivity contribution >= 4 is 17.4 Å². The van der Waals surface area contributed by atoms with Crippen LogP contribution in [0.2, 0.25) is 0 Å². The summed E-state index contributed by atoms with van der Waals surface area (Å²) >= 11 is 0. The number of urea groups is 1. The van der Waals surface area contributed by atoms with E-state index in [0.29, 0.717) is 6.54 Å². The van der Waals surface area contributed by atoms with E-state index in [1.165, 1.54) is 5.56 Å². The minimum atomic E-state index is -0.119. The molecule has 0 aromatic heterocycles. The van der Waals surface area contributed by atoms with Crippen molar-refractivity contribution in [2.75, 3.05) is 11.4 Å². The average molecular weight is 352 g/mol. The van der Waals surface area contributed by atoms with Crippen LogP contribution in [0.3, 0.4) is 0 Å². The van der Waals surface area contributed by atoms with Crippen LogP contribution >= 0.6 is 0 Å². The molecule has 4 heteroatoms. The molecule has 0 bridgehead atoms. The molecule has 0 fully saturated rings. The SMILES string of the molecule is Cc1cccc(C2=CCN(c3[c-]cccc3)C(=O)N2)c1.[Y]. The number of hydrogen-bond donors (Lipinski definition) is 1. The van der Waals surface area contributed by atoms with Crippen LogP contribution in [-0.2, 0) is 32.7 Å². The van der Waals surface area contributed by atoms with Crippen LogP contribution in [-0.4, -0.2) is 12.6 Å². The molecule has 1 N–H and O–H groups in total. The molecule has 103 valence electrons. The van der Waals surface area contributed by atoms with Gasteiger partial charge in [0.25, 0.3) is 0 Å². The summed E-state index contributed by atoms with van der Waals surface area (Å²) in [6, 6.07) is 18.5. The second-order valence-corrected chi connectivity index (χ2v) is 4.78. The quantitative estimate of drug-likeness (QED) is 0.826. The van der Waals surface area contributed by atoms with Crippen LogP contribution in [0.1, 0.15) is 11.1 Å². The predicted octanol–water partition coefficient (Wildman–Crippen LogP) is 3.36. The smallest absolute Gasteiger partial charge is 0.314 e. The number of aryl methyl sites for hydroxylation is 1. The molecule has 1 radical (unpaired) electrons. The maximum atomic E-state index is 12.2. The minimum Gasteiger partial charge on any atom is -0.314 e. The standard InChI is InChI=1S/C17H15N2O.Y/c1-13-6-5-7-14(12-13)16-10-11-19(17(20)18-16)15-8-3-2-4-9-15;/h2-8,10,12H,11H2,1H3,(H,18,20);/q-1;. The second kappa shape index (κ2) is 7.01. The molecule has 0 unspecified atom stereocenters. The number of hydrogen-bond acceptors (Lipinski definition) is 1. The molecule has 2 aromatic carbocycles. The Morgan fingerprint density at radius 2 is 2.05 bits per heavy atom. The topological polar surface area (TPSA) is 32.3 Å². The summed E-state index contributed by atoms with van der Waals surface area (Å²) in [6.45, 7) is 2.59. The van der Waals surface area contributed by atoms with Crippen molar-refractivity contribution in [2.45, 2.75) is 6.92 Å². The van der Waals surface area contributed by atoms with Gasteiger partial charge in [-0.05, 0) is 24.6 Å². The first kappa shape index (κ1) is 15.9. The number of nitrogens with zero attached hydrogens (tertiary/aromatic N) is 1. The van der Waals surface area contributed by atoms with E-state index in [1.807, 2.05) is 55.5 Å². The first-order chi connectivity index (χ1) is 9.74. The van der Waals surface area contributed by atoms with Crippen LogP contribution in [0.25, 0.3) is 5.70 Å². The van der Waals surface area contributed by atoms with Crippen molar-refractivity contribution in [1.29, 1.82) is 0 Å². The molecule has 0 spiro atoms. The number of anilines is 1. The molecular formula is C17H15N2OY-. The van der Waals surface area contributed by atoms with E-state index >= 15 is 0 Å². The van der Waals surface area contributed by atoms with Crippen molar-refractivity contribution in [2.24, 2.45) is 0 Å². The number of carbonyl (C=O) groups excluding carboxylic acids is 1. The number of benzene rings is 2. The van der Waals surface area contributed by atoms with Crippen molar-refractivity contribution in [3.8, 4) is 0 Å². The van der Waals surface area contributed by atoms with Gasteiger partial charge in [0, 0.05) is 45.0 Å². The Morgan fingerprint density at radius 1 is 1.19 bits per heavy atom. The molecule has 3 nitrogen and oxygen atoms in total. The molecule has 0 saturated carbocycles. The molecule has 0 saturated heterocycles. The number of para-hydroxylation sites is 1. The first-order valence-electron chi connectivity index (χ1n) is 6.56. The Bertz CT molecular complexity index is 668. The molecule has 2 amide bonds. The van der Waals surface area contributed by atoms with Gasteiger partial charge in [-0.1, -0.05) is 29.4 Å². The minimum absolute atomic E-state index is 0. The van der Waals surface area contributed by atoms with E-state index in [1.54, 1.807) is 4.90 Å². The van der Waals surface area contributed by atoms with Crippen molar-refractivity contribution in [3.63, 3.8) is 0 Å². The third-order valence-corrected chi connectivity index (χ3v) is 3.28. The maximum Gasteiger partial charge on any atom is 0.324 e. The molecule has 0 aliphatic carbocycles. The Morgan fingerprint density at radius 3 is 2.71 bits per heavy atom. The van der Waals surface area contributed by atoms with Crippen LogP contribution in [0.4, 0.5) is 10.5 Å². The molecule has 1 aliphatic heterocycles. The average Bonchev–Trinajstić information content (AvgIpc) is 2.48. The fourth-order valence-electron chi connectivity index (χ4n) is 2.26. The maximum absolute atomic E-state index is 12.2. The Balaban J connectivity index is 0.00000161. The largest absolute Gasteiger partial charge is 0.324 e. The fourth-order valence-corrected chi connectivity index (χ4v) is 2.26. The van der Waals surface area contributed by atoms with E-state index in [0.717, 1.165) is 16.9 Å². The van der Waals surface area contributed by atoms with E-state index in [-0.39, 0.29) is 38.7 Å². The van der Waals surface area contributed by atoms with E-state index in [4.69, 9.17) is 0 Å². The van der Waals surface area contributed by atoms with Crippen LogP contribution in [0.5, 0.6) is 0 Å². The number of rotatable bonds is 2.